The van der Waals surface area contributed by atoms with Crippen LogP contribution in [0.5, 0.6) is 0 Å². The van der Waals surface area contributed by atoms with Gasteiger partial charge in [0.25, 0.3) is 5.91 Å². The Hall–Kier alpha value is -2.58. The molecule has 0 radical (unpaired) electrons. The smallest absolute Gasteiger partial charge is 0.276 e. The zero-order valence-corrected chi connectivity index (χ0v) is 18.9. The molecule has 164 valence electrons. The summed E-state index contributed by atoms with van der Waals surface area (Å²) < 4.78 is 19.2. The fourth-order valence-corrected chi connectivity index (χ4v) is 4.51. The van der Waals surface area contributed by atoms with Crippen LogP contribution in [0.2, 0.25) is 0 Å². The highest BCUT2D eigenvalue weighted by Crippen LogP contribution is 2.26. The molecule has 1 aliphatic rings. The van der Waals surface area contributed by atoms with E-state index in [4.69, 9.17) is 9.51 Å². The van der Waals surface area contributed by atoms with Gasteiger partial charge in [0.2, 0.25) is 0 Å². The number of thiazole rings is 1. The summed E-state index contributed by atoms with van der Waals surface area (Å²) in [5.41, 5.74) is 1.65. The third-order valence-corrected chi connectivity index (χ3v) is 6.64. The molecule has 0 atom stereocenters. The third-order valence-electron chi connectivity index (χ3n) is 5.32. The summed E-state index contributed by atoms with van der Waals surface area (Å²) in [4.78, 5) is 21.9. The van der Waals surface area contributed by atoms with Gasteiger partial charge in [-0.15, -0.1) is 11.3 Å². The Labute approximate surface area is 185 Å². The maximum Gasteiger partial charge on any atom is 0.276 e. The van der Waals surface area contributed by atoms with E-state index in [1.54, 1.807) is 34.4 Å². The SMILES string of the molecule is CC(C)(C)c1nc(CN2CCCN(C(=O)c3cc(-c4ccccc4F)on3)CC2)cs1. The average molecular weight is 443 g/mol. The van der Waals surface area contributed by atoms with Gasteiger partial charge in [-0.05, 0) is 18.6 Å². The highest BCUT2D eigenvalue weighted by Gasteiger charge is 2.25. The summed E-state index contributed by atoms with van der Waals surface area (Å²) in [6, 6.07) is 7.82. The van der Waals surface area contributed by atoms with Gasteiger partial charge in [0.15, 0.2) is 11.5 Å². The molecule has 4 rings (SSSR count). The van der Waals surface area contributed by atoms with Crippen molar-refractivity contribution in [1.82, 2.24) is 19.9 Å². The number of aromatic nitrogens is 2. The van der Waals surface area contributed by atoms with Gasteiger partial charge in [0.05, 0.1) is 16.3 Å². The van der Waals surface area contributed by atoms with Crippen LogP contribution < -0.4 is 0 Å². The lowest BCUT2D eigenvalue weighted by molar-refractivity contribution is 0.0750. The lowest BCUT2D eigenvalue weighted by atomic mass is 9.98. The maximum absolute atomic E-state index is 14.0. The zero-order valence-electron chi connectivity index (χ0n) is 18.1. The standard InChI is InChI=1S/C23H27FN4O2S/c1-23(2,3)22-25-16(15-31-22)14-27-9-6-10-28(12-11-27)21(29)19-13-20(30-26-19)17-7-4-5-8-18(17)24/h4-5,7-8,13,15H,6,9-12,14H2,1-3H3. The van der Waals surface area contributed by atoms with Gasteiger partial charge in [-0.1, -0.05) is 38.1 Å². The second-order valence-electron chi connectivity index (χ2n) is 8.87. The van der Waals surface area contributed by atoms with Gasteiger partial charge < -0.3 is 9.42 Å². The molecule has 1 fully saturated rings. The number of amides is 1. The Kier molecular flexibility index (Phi) is 6.20. The Morgan fingerprint density at radius 1 is 1.19 bits per heavy atom. The first-order valence-electron chi connectivity index (χ1n) is 10.5. The molecule has 3 aromatic rings. The van der Waals surface area contributed by atoms with Gasteiger partial charge in [0.1, 0.15) is 5.82 Å². The number of benzene rings is 1. The van der Waals surface area contributed by atoms with Crippen molar-refractivity contribution >= 4 is 17.2 Å². The summed E-state index contributed by atoms with van der Waals surface area (Å²) >= 11 is 1.71. The molecular formula is C23H27FN4O2S. The van der Waals surface area contributed by atoms with E-state index in [2.05, 4.69) is 36.2 Å². The second kappa shape index (κ2) is 8.88. The Morgan fingerprint density at radius 2 is 2.00 bits per heavy atom. The molecule has 6 nitrogen and oxygen atoms in total. The van der Waals surface area contributed by atoms with Crippen molar-refractivity contribution in [1.29, 1.82) is 0 Å². The Bertz CT molecular complexity index is 1060. The van der Waals surface area contributed by atoms with Gasteiger partial charge in [-0.2, -0.15) is 0 Å². The summed E-state index contributed by atoms with van der Waals surface area (Å²) in [5.74, 6) is -0.326. The predicted octanol–water partition coefficient (Wildman–Crippen LogP) is 4.58. The van der Waals surface area contributed by atoms with Crippen LogP contribution in [0, 0.1) is 5.82 Å². The van der Waals surface area contributed by atoms with Crippen molar-refractivity contribution < 1.29 is 13.7 Å². The molecule has 1 amide bonds. The van der Waals surface area contributed by atoms with Crippen molar-refractivity contribution in [3.05, 3.63) is 57.9 Å². The largest absolute Gasteiger partial charge is 0.355 e. The number of hydrogen-bond acceptors (Lipinski definition) is 6. The van der Waals surface area contributed by atoms with E-state index in [-0.39, 0.29) is 22.8 Å². The molecule has 0 N–H and O–H groups in total. The van der Waals surface area contributed by atoms with Crippen LogP contribution in [0.3, 0.4) is 0 Å². The van der Waals surface area contributed by atoms with E-state index in [0.717, 1.165) is 36.8 Å². The van der Waals surface area contributed by atoms with Crippen LogP contribution in [-0.2, 0) is 12.0 Å². The molecule has 2 aromatic heterocycles. The molecular weight excluding hydrogens is 415 g/mol. The minimum absolute atomic E-state index is 0.0596. The van der Waals surface area contributed by atoms with Crippen molar-refractivity contribution in [2.24, 2.45) is 0 Å². The van der Waals surface area contributed by atoms with Crippen LogP contribution in [0.4, 0.5) is 4.39 Å². The van der Waals surface area contributed by atoms with Crippen LogP contribution in [0.1, 0.15) is 48.4 Å². The first-order valence-corrected chi connectivity index (χ1v) is 11.4. The fourth-order valence-electron chi connectivity index (χ4n) is 3.61. The van der Waals surface area contributed by atoms with E-state index in [0.29, 0.717) is 18.7 Å². The van der Waals surface area contributed by atoms with E-state index < -0.39 is 5.82 Å². The minimum Gasteiger partial charge on any atom is -0.355 e. The van der Waals surface area contributed by atoms with Crippen LogP contribution in [0.25, 0.3) is 11.3 Å². The zero-order chi connectivity index (χ0) is 22.0. The van der Waals surface area contributed by atoms with Crippen molar-refractivity contribution in [2.75, 3.05) is 26.2 Å². The molecule has 1 aromatic carbocycles. The average Bonchev–Trinajstić information content (AvgIpc) is 3.34. The van der Waals surface area contributed by atoms with Gasteiger partial charge in [-0.3, -0.25) is 9.69 Å². The summed E-state index contributed by atoms with van der Waals surface area (Å²) in [6.07, 6.45) is 0.875. The quantitative estimate of drug-likeness (QED) is 0.592. The number of nitrogens with zero attached hydrogens (tertiary/aromatic N) is 4. The molecule has 1 aliphatic heterocycles. The van der Waals surface area contributed by atoms with Gasteiger partial charge >= 0.3 is 0 Å². The molecule has 3 heterocycles. The number of carbonyl (C=O) groups excluding carboxylic acids is 1. The predicted molar refractivity (Wildman–Crippen MR) is 119 cm³/mol. The number of carbonyl (C=O) groups is 1. The van der Waals surface area contributed by atoms with Crippen molar-refractivity contribution in [3.63, 3.8) is 0 Å². The number of halogens is 1. The molecule has 8 heteroatoms. The van der Waals surface area contributed by atoms with E-state index in [1.807, 2.05) is 0 Å². The molecule has 0 unspecified atom stereocenters. The van der Waals surface area contributed by atoms with Gasteiger partial charge in [-0.25, -0.2) is 9.37 Å². The van der Waals surface area contributed by atoms with Gasteiger partial charge in [0, 0.05) is 49.6 Å². The number of hydrogen-bond donors (Lipinski definition) is 0. The first kappa shape index (κ1) is 21.6. The normalized spacial score (nSPS) is 15.8. The fraction of sp³-hybridized carbons (Fsp3) is 0.435. The monoisotopic (exact) mass is 442 g/mol. The van der Waals surface area contributed by atoms with E-state index in [9.17, 15) is 9.18 Å². The van der Waals surface area contributed by atoms with Crippen LogP contribution in [-0.4, -0.2) is 52.0 Å². The van der Waals surface area contributed by atoms with E-state index >= 15 is 0 Å². The lowest BCUT2D eigenvalue weighted by Gasteiger charge is -2.20. The summed E-state index contributed by atoms with van der Waals surface area (Å²) in [7, 11) is 0. The second-order valence-corrected chi connectivity index (χ2v) is 9.73. The van der Waals surface area contributed by atoms with Crippen LogP contribution in [0.15, 0.2) is 40.2 Å². The topological polar surface area (TPSA) is 62.5 Å². The highest BCUT2D eigenvalue weighted by atomic mass is 32.1. The highest BCUT2D eigenvalue weighted by molar-refractivity contribution is 7.09. The van der Waals surface area contributed by atoms with E-state index in [1.165, 1.54) is 12.1 Å². The molecule has 31 heavy (non-hydrogen) atoms. The Morgan fingerprint density at radius 3 is 2.74 bits per heavy atom. The minimum atomic E-state index is -0.403. The molecule has 0 spiro atoms. The first-order chi connectivity index (χ1) is 14.8. The summed E-state index contributed by atoms with van der Waals surface area (Å²) in [6.45, 7) is 10.2. The van der Waals surface area contributed by atoms with Crippen molar-refractivity contribution in [2.45, 2.75) is 39.2 Å². The maximum atomic E-state index is 14.0. The number of rotatable bonds is 4. The van der Waals surface area contributed by atoms with Crippen LogP contribution >= 0.6 is 11.3 Å². The van der Waals surface area contributed by atoms with Crippen molar-refractivity contribution in [3.8, 4) is 11.3 Å². The lowest BCUT2D eigenvalue weighted by Crippen LogP contribution is -2.35. The molecule has 0 bridgehead atoms. The third kappa shape index (κ3) is 5.02. The molecule has 0 saturated carbocycles. The Balaban J connectivity index is 1.38. The molecule has 1 saturated heterocycles. The summed E-state index contributed by atoms with van der Waals surface area (Å²) in [5, 5.41) is 7.17. The molecule has 0 aliphatic carbocycles.